The van der Waals surface area contributed by atoms with Gasteiger partial charge in [-0.15, -0.1) is 0 Å². The summed E-state index contributed by atoms with van der Waals surface area (Å²) >= 11 is 0. The van der Waals surface area contributed by atoms with Crippen LogP contribution in [0.5, 0.6) is 0 Å². The number of hydrogen-bond donors (Lipinski definition) is 1. The normalized spacial score (nSPS) is 13.9. The molecule has 0 fully saturated rings. The van der Waals surface area contributed by atoms with Gasteiger partial charge < -0.3 is 5.32 Å². The van der Waals surface area contributed by atoms with Crippen LogP contribution in [0.3, 0.4) is 0 Å². The molecule has 0 saturated heterocycles. The fraction of sp³-hybridized carbons (Fsp3) is 0.345. The van der Waals surface area contributed by atoms with Gasteiger partial charge in [-0.3, -0.25) is 9.69 Å². The summed E-state index contributed by atoms with van der Waals surface area (Å²) < 4.78 is 38.8. The zero-order valence-electron chi connectivity index (χ0n) is 20.0. The smallest absolute Gasteiger partial charge is 0.322 e. The Hall–Kier alpha value is -3.12. The van der Waals surface area contributed by atoms with E-state index in [4.69, 9.17) is 0 Å². The first-order valence-corrected chi connectivity index (χ1v) is 12.3. The maximum Gasteiger partial charge on any atom is 0.416 e. The molecule has 0 saturated carbocycles. The summed E-state index contributed by atoms with van der Waals surface area (Å²) in [6.45, 7) is 5.30. The number of carbonyl (C=O) groups excluding carboxylic acids is 1. The molecule has 1 N–H and O–H groups in total. The second kappa shape index (κ2) is 11.1. The van der Waals surface area contributed by atoms with Gasteiger partial charge in [-0.1, -0.05) is 62.6 Å². The van der Waals surface area contributed by atoms with E-state index in [0.29, 0.717) is 16.7 Å². The number of alkyl halides is 3. The molecule has 1 aliphatic heterocycles. The zero-order chi connectivity index (χ0) is 24.8. The van der Waals surface area contributed by atoms with Crippen molar-refractivity contribution in [1.82, 2.24) is 4.90 Å². The summed E-state index contributed by atoms with van der Waals surface area (Å²) in [6, 6.07) is 17.9. The number of carbonyl (C=O) groups is 1. The molecular formula is C29H31F3N2O. The molecule has 1 heterocycles. The minimum Gasteiger partial charge on any atom is -0.322 e. The van der Waals surface area contributed by atoms with E-state index in [1.54, 1.807) is 24.3 Å². The van der Waals surface area contributed by atoms with Gasteiger partial charge in [0.15, 0.2) is 0 Å². The van der Waals surface area contributed by atoms with Crippen molar-refractivity contribution in [1.29, 1.82) is 0 Å². The van der Waals surface area contributed by atoms with Crippen LogP contribution in [-0.4, -0.2) is 23.9 Å². The Morgan fingerprint density at radius 1 is 0.943 bits per heavy atom. The molecule has 35 heavy (non-hydrogen) atoms. The average molecular weight is 481 g/mol. The lowest BCUT2D eigenvalue weighted by Crippen LogP contribution is -2.31. The van der Waals surface area contributed by atoms with E-state index in [0.717, 1.165) is 43.9 Å². The van der Waals surface area contributed by atoms with Gasteiger partial charge in [0.1, 0.15) is 0 Å². The largest absolute Gasteiger partial charge is 0.416 e. The number of hydrogen-bond acceptors (Lipinski definition) is 2. The van der Waals surface area contributed by atoms with E-state index in [2.05, 4.69) is 23.2 Å². The third kappa shape index (κ3) is 6.31. The number of fused-ring (bicyclic) bond motifs is 1. The van der Waals surface area contributed by atoms with E-state index < -0.39 is 11.7 Å². The lowest BCUT2D eigenvalue weighted by atomic mass is 9.97. The molecule has 3 aromatic rings. The summed E-state index contributed by atoms with van der Waals surface area (Å²) in [6.07, 6.45) is 1.60. The van der Waals surface area contributed by atoms with Crippen molar-refractivity contribution < 1.29 is 18.0 Å². The van der Waals surface area contributed by atoms with Gasteiger partial charge in [0, 0.05) is 24.3 Å². The first-order valence-electron chi connectivity index (χ1n) is 12.3. The third-order valence-electron chi connectivity index (χ3n) is 6.58. The van der Waals surface area contributed by atoms with Crippen molar-refractivity contribution in [3.8, 4) is 11.1 Å². The third-order valence-corrected chi connectivity index (χ3v) is 6.58. The zero-order valence-corrected chi connectivity index (χ0v) is 20.0. The van der Waals surface area contributed by atoms with Gasteiger partial charge in [0.2, 0.25) is 0 Å². The number of halogens is 3. The second-order valence-electron chi connectivity index (χ2n) is 9.15. The first kappa shape index (κ1) is 25.0. The molecule has 0 atom stereocenters. The van der Waals surface area contributed by atoms with Crippen molar-refractivity contribution >= 4 is 11.6 Å². The van der Waals surface area contributed by atoms with Crippen LogP contribution in [-0.2, 0) is 19.1 Å². The molecule has 0 bridgehead atoms. The summed E-state index contributed by atoms with van der Waals surface area (Å²) in [5.41, 5.74) is 4.15. The first-order chi connectivity index (χ1) is 16.8. The van der Waals surface area contributed by atoms with Crippen LogP contribution in [0.2, 0.25) is 0 Å². The Morgan fingerprint density at radius 2 is 1.71 bits per heavy atom. The Kier molecular flexibility index (Phi) is 7.91. The molecule has 184 valence electrons. The minimum atomic E-state index is -4.39. The maximum atomic E-state index is 13.1. The van der Waals surface area contributed by atoms with Crippen LogP contribution >= 0.6 is 0 Å². The number of unbranched alkanes of at least 4 members (excludes halogenated alkanes) is 3. The molecule has 3 nitrogen and oxygen atoms in total. The van der Waals surface area contributed by atoms with Crippen molar-refractivity contribution in [2.45, 2.75) is 51.7 Å². The second-order valence-corrected chi connectivity index (χ2v) is 9.15. The monoisotopic (exact) mass is 480 g/mol. The highest BCUT2D eigenvalue weighted by Gasteiger charge is 2.30. The molecule has 1 amide bonds. The van der Waals surface area contributed by atoms with E-state index in [9.17, 15) is 18.0 Å². The summed E-state index contributed by atoms with van der Waals surface area (Å²) in [5.74, 6) is -0.284. The Morgan fingerprint density at radius 3 is 2.46 bits per heavy atom. The van der Waals surface area contributed by atoms with E-state index in [1.807, 2.05) is 12.1 Å². The number of anilines is 1. The number of benzene rings is 3. The van der Waals surface area contributed by atoms with Gasteiger partial charge in [-0.25, -0.2) is 0 Å². The Balaban J connectivity index is 1.45. The number of nitrogens with one attached hydrogen (secondary N) is 1. The lowest BCUT2D eigenvalue weighted by Gasteiger charge is -2.29. The highest BCUT2D eigenvalue weighted by molar-refractivity contribution is 6.08. The van der Waals surface area contributed by atoms with Gasteiger partial charge >= 0.3 is 6.18 Å². The van der Waals surface area contributed by atoms with Crippen LogP contribution in [0.25, 0.3) is 11.1 Å². The van der Waals surface area contributed by atoms with Crippen LogP contribution in [0.1, 0.15) is 59.7 Å². The fourth-order valence-electron chi connectivity index (χ4n) is 4.61. The predicted molar refractivity (Wildman–Crippen MR) is 134 cm³/mol. The van der Waals surface area contributed by atoms with Gasteiger partial charge in [-0.05, 0) is 72.0 Å². The van der Waals surface area contributed by atoms with Crippen molar-refractivity contribution in [2.24, 2.45) is 0 Å². The predicted octanol–water partition coefficient (Wildman–Crippen LogP) is 7.56. The van der Waals surface area contributed by atoms with E-state index in [1.165, 1.54) is 48.9 Å². The molecule has 0 aliphatic carbocycles. The molecular weight excluding hydrogens is 449 g/mol. The Bertz CT molecular complexity index is 1160. The number of rotatable bonds is 8. The number of nitrogens with zero attached hydrogens (tertiary/aromatic N) is 1. The van der Waals surface area contributed by atoms with Gasteiger partial charge in [-0.2, -0.15) is 13.2 Å². The molecule has 1 aliphatic rings. The van der Waals surface area contributed by atoms with Gasteiger partial charge in [0.25, 0.3) is 5.91 Å². The summed E-state index contributed by atoms with van der Waals surface area (Å²) in [5, 5.41) is 2.98. The highest BCUT2D eigenvalue weighted by Crippen LogP contribution is 2.32. The fourth-order valence-corrected chi connectivity index (χ4v) is 4.61. The molecule has 0 radical (unpaired) electrons. The standard InChI is InChI=1S/C29H31F3N2O/c1-2-3-4-7-17-34-18-16-22-19-25(15-12-23(22)20-34)33-28(35)27-9-6-5-8-26(27)21-10-13-24(14-11-21)29(30,31)32/h5-6,8-15,19H,2-4,7,16-18,20H2,1H3,(H,33,35). The maximum absolute atomic E-state index is 13.1. The van der Waals surface area contributed by atoms with Gasteiger partial charge in [0.05, 0.1) is 5.56 Å². The molecule has 3 aromatic carbocycles. The SMILES string of the molecule is CCCCCCN1CCc2cc(NC(=O)c3ccccc3-c3ccc(C(F)(F)F)cc3)ccc2C1. The van der Waals surface area contributed by atoms with Crippen molar-refractivity contribution in [3.63, 3.8) is 0 Å². The molecule has 4 rings (SSSR count). The van der Waals surface area contributed by atoms with Crippen LogP contribution in [0, 0.1) is 0 Å². The van der Waals surface area contributed by atoms with Crippen LogP contribution in [0.15, 0.2) is 66.7 Å². The summed E-state index contributed by atoms with van der Waals surface area (Å²) in [4.78, 5) is 15.6. The van der Waals surface area contributed by atoms with Crippen LogP contribution < -0.4 is 5.32 Å². The minimum absolute atomic E-state index is 0.284. The van der Waals surface area contributed by atoms with E-state index in [-0.39, 0.29) is 5.91 Å². The van der Waals surface area contributed by atoms with Crippen molar-refractivity contribution in [3.05, 3.63) is 89.0 Å². The molecule has 6 heteroatoms. The quantitative estimate of drug-likeness (QED) is 0.337. The topological polar surface area (TPSA) is 32.3 Å². The van der Waals surface area contributed by atoms with Crippen LogP contribution in [0.4, 0.5) is 18.9 Å². The average Bonchev–Trinajstić information content (AvgIpc) is 2.86. The van der Waals surface area contributed by atoms with Crippen molar-refractivity contribution in [2.75, 3.05) is 18.4 Å². The lowest BCUT2D eigenvalue weighted by molar-refractivity contribution is -0.137. The summed E-state index contributed by atoms with van der Waals surface area (Å²) in [7, 11) is 0. The Labute approximate surface area is 205 Å². The highest BCUT2D eigenvalue weighted by atomic mass is 19.4. The molecule has 0 aromatic heterocycles. The molecule has 0 unspecified atom stereocenters. The van der Waals surface area contributed by atoms with E-state index >= 15 is 0 Å². The molecule has 0 spiro atoms. The number of amides is 1.